The summed E-state index contributed by atoms with van der Waals surface area (Å²) in [6, 6.07) is 3.13. The Morgan fingerprint density at radius 2 is 1.74 bits per heavy atom. The largest absolute Gasteiger partial charge is 0.444 e. The van der Waals surface area contributed by atoms with Crippen LogP contribution >= 0.6 is 0 Å². The second-order valence-electron chi connectivity index (χ2n) is 11.4. The van der Waals surface area contributed by atoms with E-state index in [0.717, 1.165) is 43.2 Å². The van der Waals surface area contributed by atoms with E-state index in [-0.39, 0.29) is 18.0 Å². The molecule has 0 aliphatic heterocycles. The number of nitrogens with one attached hydrogen (secondary N) is 2. The van der Waals surface area contributed by atoms with Crippen molar-refractivity contribution in [2.24, 2.45) is 5.73 Å². The third kappa shape index (κ3) is 8.74. The molecule has 0 spiro atoms. The quantitative estimate of drug-likeness (QED) is 0.417. The highest BCUT2D eigenvalue weighted by Gasteiger charge is 2.40. The van der Waals surface area contributed by atoms with Gasteiger partial charge in [0.2, 0.25) is 17.7 Å². The molecule has 3 unspecified atom stereocenters. The Kier molecular flexibility index (Phi) is 11.2. The van der Waals surface area contributed by atoms with Gasteiger partial charge in [-0.05, 0) is 77.5 Å². The van der Waals surface area contributed by atoms with Gasteiger partial charge >= 0.3 is 6.09 Å². The fraction of sp³-hybridized carbons (Fsp3) is 0.655. The van der Waals surface area contributed by atoms with Gasteiger partial charge in [-0.3, -0.25) is 14.4 Å². The zero-order valence-corrected chi connectivity index (χ0v) is 24.1. The molecule has 38 heavy (non-hydrogen) atoms. The van der Waals surface area contributed by atoms with Crippen LogP contribution in [0.4, 0.5) is 4.79 Å². The molecule has 4 N–H and O–H groups in total. The lowest BCUT2D eigenvalue weighted by Crippen LogP contribution is -2.57. The van der Waals surface area contributed by atoms with Gasteiger partial charge in [0, 0.05) is 12.1 Å². The van der Waals surface area contributed by atoms with E-state index < -0.39 is 42.0 Å². The number of amides is 4. The van der Waals surface area contributed by atoms with E-state index in [1.165, 1.54) is 4.90 Å². The minimum Gasteiger partial charge on any atom is -0.444 e. The Morgan fingerprint density at radius 3 is 2.29 bits per heavy atom. The minimum absolute atomic E-state index is 0.0408. The van der Waals surface area contributed by atoms with E-state index in [1.807, 2.05) is 45.9 Å². The Balaban J connectivity index is 2.56. The van der Waals surface area contributed by atoms with Gasteiger partial charge < -0.3 is 26.0 Å². The highest BCUT2D eigenvalue weighted by Crippen LogP contribution is 2.31. The van der Waals surface area contributed by atoms with Crippen LogP contribution in [0, 0.1) is 13.8 Å². The molecule has 9 heteroatoms. The number of hydrogen-bond donors (Lipinski definition) is 3. The highest BCUT2D eigenvalue weighted by atomic mass is 16.6. The van der Waals surface area contributed by atoms with E-state index in [1.54, 1.807) is 20.8 Å². The summed E-state index contributed by atoms with van der Waals surface area (Å²) in [5.74, 6) is -1.58. The second kappa shape index (κ2) is 13.6. The smallest absolute Gasteiger partial charge is 0.408 e. The summed E-state index contributed by atoms with van der Waals surface area (Å²) >= 11 is 0. The lowest BCUT2D eigenvalue weighted by molar-refractivity contribution is -0.146. The molecular weight excluding hydrogens is 484 g/mol. The average molecular weight is 531 g/mol. The van der Waals surface area contributed by atoms with E-state index in [2.05, 4.69) is 10.6 Å². The number of rotatable bonds is 10. The van der Waals surface area contributed by atoms with Crippen LogP contribution in [-0.4, -0.2) is 52.4 Å². The topological polar surface area (TPSA) is 131 Å². The first kappa shape index (κ1) is 31.1. The van der Waals surface area contributed by atoms with Crippen molar-refractivity contribution in [3.8, 4) is 0 Å². The molecule has 1 aliphatic carbocycles. The summed E-state index contributed by atoms with van der Waals surface area (Å²) in [5, 5.41) is 5.73. The molecule has 1 fully saturated rings. The van der Waals surface area contributed by atoms with Crippen LogP contribution in [-0.2, 0) is 19.1 Å². The maximum absolute atomic E-state index is 14.2. The SMILES string of the molecule is CCC(C)N(C(=O)C(CC(N)=O)NC(=O)OC(C)(C)C)C(C(=O)NC1CCCCC1)c1cccc(C)c1C. The van der Waals surface area contributed by atoms with Crippen LogP contribution in [0.2, 0.25) is 0 Å². The summed E-state index contributed by atoms with van der Waals surface area (Å²) in [6.07, 6.45) is 4.33. The predicted octanol–water partition coefficient (Wildman–Crippen LogP) is 4.19. The lowest BCUT2D eigenvalue weighted by atomic mass is 9.91. The number of nitrogens with zero attached hydrogens (tertiary/aromatic N) is 1. The number of ether oxygens (including phenoxy) is 1. The van der Waals surface area contributed by atoms with Crippen LogP contribution < -0.4 is 16.4 Å². The second-order valence-corrected chi connectivity index (χ2v) is 11.4. The van der Waals surface area contributed by atoms with Crippen molar-refractivity contribution in [3.63, 3.8) is 0 Å². The number of aryl methyl sites for hydroxylation is 1. The van der Waals surface area contributed by atoms with Gasteiger partial charge in [0.15, 0.2) is 0 Å². The lowest BCUT2D eigenvalue weighted by Gasteiger charge is -2.39. The fourth-order valence-electron chi connectivity index (χ4n) is 4.84. The summed E-state index contributed by atoms with van der Waals surface area (Å²) in [6.45, 7) is 12.8. The van der Waals surface area contributed by atoms with Gasteiger partial charge in [-0.1, -0.05) is 44.4 Å². The monoisotopic (exact) mass is 530 g/mol. The minimum atomic E-state index is -1.29. The third-order valence-electron chi connectivity index (χ3n) is 7.13. The molecule has 4 amide bonds. The molecule has 1 aliphatic rings. The first-order chi connectivity index (χ1) is 17.7. The number of carbonyl (C=O) groups is 4. The van der Waals surface area contributed by atoms with Crippen LogP contribution in [0.3, 0.4) is 0 Å². The molecular formula is C29H46N4O5. The molecule has 0 radical (unpaired) electrons. The van der Waals surface area contributed by atoms with Crippen molar-refractivity contribution < 1.29 is 23.9 Å². The van der Waals surface area contributed by atoms with Crippen molar-refractivity contribution in [2.75, 3.05) is 0 Å². The first-order valence-corrected chi connectivity index (χ1v) is 13.7. The molecule has 1 aromatic carbocycles. The van der Waals surface area contributed by atoms with Crippen LogP contribution in [0.1, 0.15) is 102 Å². The number of benzene rings is 1. The number of carbonyl (C=O) groups excluding carboxylic acids is 4. The molecule has 212 valence electrons. The van der Waals surface area contributed by atoms with Crippen LogP contribution in [0.25, 0.3) is 0 Å². The third-order valence-corrected chi connectivity index (χ3v) is 7.13. The predicted molar refractivity (Wildman–Crippen MR) is 147 cm³/mol. The Labute approximate surface area is 227 Å². The van der Waals surface area contributed by atoms with E-state index in [9.17, 15) is 19.2 Å². The van der Waals surface area contributed by atoms with Crippen molar-refractivity contribution in [1.29, 1.82) is 0 Å². The molecule has 1 saturated carbocycles. The number of hydrogen-bond acceptors (Lipinski definition) is 5. The van der Waals surface area contributed by atoms with Gasteiger partial charge in [-0.15, -0.1) is 0 Å². The molecule has 2 rings (SSSR count). The molecule has 3 atom stereocenters. The summed E-state index contributed by atoms with van der Waals surface area (Å²) in [5.41, 5.74) is 7.28. The van der Waals surface area contributed by atoms with Crippen LogP contribution in [0.5, 0.6) is 0 Å². The van der Waals surface area contributed by atoms with E-state index in [0.29, 0.717) is 12.0 Å². The zero-order valence-electron chi connectivity index (χ0n) is 24.1. The van der Waals surface area contributed by atoms with Crippen LogP contribution in [0.15, 0.2) is 18.2 Å². The Hall–Kier alpha value is -3.10. The first-order valence-electron chi connectivity index (χ1n) is 13.7. The molecule has 0 saturated heterocycles. The van der Waals surface area contributed by atoms with E-state index in [4.69, 9.17) is 10.5 Å². The van der Waals surface area contributed by atoms with Crippen molar-refractivity contribution in [3.05, 3.63) is 34.9 Å². The van der Waals surface area contributed by atoms with Crippen molar-refractivity contribution in [1.82, 2.24) is 15.5 Å². The number of alkyl carbamates (subject to hydrolysis) is 1. The van der Waals surface area contributed by atoms with Gasteiger partial charge in [-0.2, -0.15) is 0 Å². The maximum atomic E-state index is 14.2. The fourth-order valence-corrected chi connectivity index (χ4v) is 4.84. The zero-order chi connectivity index (χ0) is 28.6. The molecule has 9 nitrogen and oxygen atoms in total. The van der Waals surface area contributed by atoms with Gasteiger partial charge in [0.1, 0.15) is 17.7 Å². The summed E-state index contributed by atoms with van der Waals surface area (Å²) < 4.78 is 5.34. The summed E-state index contributed by atoms with van der Waals surface area (Å²) in [7, 11) is 0. The Bertz CT molecular complexity index is 997. The molecule has 0 bridgehead atoms. The Morgan fingerprint density at radius 1 is 1.11 bits per heavy atom. The van der Waals surface area contributed by atoms with Gasteiger partial charge in [0.05, 0.1) is 6.42 Å². The van der Waals surface area contributed by atoms with Gasteiger partial charge in [0.25, 0.3) is 0 Å². The highest BCUT2D eigenvalue weighted by molar-refractivity contribution is 5.95. The molecule has 0 heterocycles. The average Bonchev–Trinajstić information content (AvgIpc) is 2.82. The number of primary amides is 1. The maximum Gasteiger partial charge on any atom is 0.408 e. The molecule has 1 aromatic rings. The standard InChI is InChI=1S/C29H46N4O5/c1-8-19(3)33(27(36)23(17-24(30)34)32-28(37)38-29(5,6)7)25(22-16-12-13-18(2)20(22)4)26(35)31-21-14-10-9-11-15-21/h12-13,16,19,21,23,25H,8-11,14-15,17H2,1-7H3,(H2,30,34)(H,31,35)(H,32,37). The van der Waals surface area contributed by atoms with Crippen molar-refractivity contribution in [2.45, 2.75) is 123 Å². The normalized spacial score (nSPS) is 16.6. The van der Waals surface area contributed by atoms with Gasteiger partial charge in [-0.25, -0.2) is 4.79 Å². The van der Waals surface area contributed by atoms with Crippen molar-refractivity contribution >= 4 is 23.8 Å². The molecule has 0 aromatic heterocycles. The summed E-state index contributed by atoms with van der Waals surface area (Å²) in [4.78, 5) is 54.2. The number of nitrogens with two attached hydrogens (primary N) is 1. The van der Waals surface area contributed by atoms with E-state index >= 15 is 0 Å².